The number of benzene rings is 1. The van der Waals surface area contributed by atoms with Crippen LogP contribution in [-0.4, -0.2) is 37.9 Å². The summed E-state index contributed by atoms with van der Waals surface area (Å²) in [7, 11) is 1.97. The van der Waals surface area contributed by atoms with Crippen LogP contribution in [0.25, 0.3) is 11.3 Å². The predicted octanol–water partition coefficient (Wildman–Crippen LogP) is 4.11. The number of aromatic nitrogens is 3. The van der Waals surface area contributed by atoms with Crippen molar-refractivity contribution in [3.8, 4) is 11.3 Å². The number of rotatable bonds is 5. The third-order valence-electron chi connectivity index (χ3n) is 5.57. The zero-order valence-electron chi connectivity index (χ0n) is 16.3. The minimum Gasteiger partial charge on any atom is -0.336 e. The second kappa shape index (κ2) is 8.38. The number of likely N-dealkylation sites (tertiary alicyclic amines) is 1. The van der Waals surface area contributed by atoms with Crippen molar-refractivity contribution in [1.29, 1.82) is 0 Å². The lowest BCUT2D eigenvalue weighted by Crippen LogP contribution is -2.44. The number of aryl methyl sites for hydroxylation is 2. The van der Waals surface area contributed by atoms with Gasteiger partial charge in [0.15, 0.2) is 0 Å². The zero-order valence-corrected chi connectivity index (χ0v) is 16.3. The largest absolute Gasteiger partial charge is 0.336 e. The third kappa shape index (κ3) is 3.98. The molecule has 1 aromatic carbocycles. The van der Waals surface area contributed by atoms with Crippen LogP contribution in [-0.2, 0) is 13.5 Å². The second-order valence-electron chi connectivity index (χ2n) is 7.48. The molecule has 3 aromatic rings. The van der Waals surface area contributed by atoms with Gasteiger partial charge >= 0.3 is 0 Å². The van der Waals surface area contributed by atoms with Gasteiger partial charge in [-0.05, 0) is 56.4 Å². The molecule has 2 aromatic heterocycles. The fourth-order valence-electron chi connectivity index (χ4n) is 4.04. The average molecular weight is 374 g/mol. The van der Waals surface area contributed by atoms with E-state index in [9.17, 15) is 4.79 Å². The van der Waals surface area contributed by atoms with Crippen LogP contribution in [0.2, 0.25) is 0 Å². The topological polar surface area (TPSA) is 51.0 Å². The van der Waals surface area contributed by atoms with E-state index < -0.39 is 0 Å². The quantitative estimate of drug-likeness (QED) is 0.675. The van der Waals surface area contributed by atoms with Gasteiger partial charge in [-0.2, -0.15) is 0 Å². The minimum absolute atomic E-state index is 0.134. The first-order chi connectivity index (χ1) is 13.7. The fraction of sp³-hybridized carbons (Fsp3) is 0.348. The first-order valence-corrected chi connectivity index (χ1v) is 10.00. The molecule has 1 atom stereocenters. The highest BCUT2D eigenvalue weighted by atomic mass is 16.2. The van der Waals surface area contributed by atoms with Crippen molar-refractivity contribution in [3.63, 3.8) is 0 Å². The number of amides is 1. The number of carbonyl (C=O) groups is 1. The molecule has 1 fully saturated rings. The highest BCUT2D eigenvalue weighted by molar-refractivity contribution is 5.95. The van der Waals surface area contributed by atoms with E-state index in [2.05, 4.69) is 20.9 Å². The van der Waals surface area contributed by atoms with E-state index in [4.69, 9.17) is 0 Å². The molecule has 1 aliphatic heterocycles. The lowest BCUT2D eigenvalue weighted by atomic mass is 9.95. The smallest absolute Gasteiger partial charge is 0.254 e. The Labute approximate surface area is 166 Å². The Morgan fingerprint density at radius 2 is 2.11 bits per heavy atom. The summed E-state index contributed by atoms with van der Waals surface area (Å²) in [5.74, 6) is 0.134. The van der Waals surface area contributed by atoms with Crippen molar-refractivity contribution < 1.29 is 4.79 Å². The van der Waals surface area contributed by atoms with Crippen molar-refractivity contribution in [2.75, 3.05) is 6.54 Å². The van der Waals surface area contributed by atoms with E-state index in [1.54, 1.807) is 6.33 Å². The maximum atomic E-state index is 13.3. The molecule has 5 nitrogen and oxygen atoms in total. The number of hydrogen-bond donors (Lipinski definition) is 0. The molecule has 1 saturated heterocycles. The predicted molar refractivity (Wildman–Crippen MR) is 110 cm³/mol. The van der Waals surface area contributed by atoms with Crippen LogP contribution in [0.3, 0.4) is 0 Å². The highest BCUT2D eigenvalue weighted by Gasteiger charge is 2.27. The van der Waals surface area contributed by atoms with Gasteiger partial charge in [0.25, 0.3) is 5.91 Å². The van der Waals surface area contributed by atoms with Crippen LogP contribution in [0.5, 0.6) is 0 Å². The van der Waals surface area contributed by atoms with Gasteiger partial charge in [0.05, 0.1) is 18.2 Å². The molecular formula is C23H26N4O. The van der Waals surface area contributed by atoms with Crippen molar-refractivity contribution in [3.05, 3.63) is 72.4 Å². The molecule has 0 N–H and O–H groups in total. The fourth-order valence-corrected chi connectivity index (χ4v) is 4.04. The van der Waals surface area contributed by atoms with Crippen LogP contribution in [0.15, 0.2) is 61.2 Å². The van der Waals surface area contributed by atoms with Crippen molar-refractivity contribution in [2.24, 2.45) is 7.05 Å². The number of imidazole rings is 1. The summed E-state index contributed by atoms with van der Waals surface area (Å²) in [6.07, 6.45) is 10.7. The average Bonchev–Trinajstić information content (AvgIpc) is 3.19. The van der Waals surface area contributed by atoms with Crippen molar-refractivity contribution in [1.82, 2.24) is 19.4 Å². The van der Waals surface area contributed by atoms with Crippen molar-refractivity contribution in [2.45, 2.75) is 38.1 Å². The van der Waals surface area contributed by atoms with Gasteiger partial charge in [-0.1, -0.05) is 18.2 Å². The van der Waals surface area contributed by atoms with Gasteiger partial charge in [-0.25, -0.2) is 4.98 Å². The van der Waals surface area contributed by atoms with E-state index in [0.717, 1.165) is 54.7 Å². The summed E-state index contributed by atoms with van der Waals surface area (Å²) >= 11 is 0. The summed E-state index contributed by atoms with van der Waals surface area (Å²) in [4.78, 5) is 24.0. The van der Waals surface area contributed by atoms with Gasteiger partial charge in [0.1, 0.15) is 0 Å². The summed E-state index contributed by atoms with van der Waals surface area (Å²) in [5.41, 5.74) is 3.88. The molecule has 0 radical (unpaired) electrons. The molecule has 5 heteroatoms. The van der Waals surface area contributed by atoms with Crippen LogP contribution in [0, 0.1) is 0 Å². The Morgan fingerprint density at radius 3 is 2.89 bits per heavy atom. The number of carbonyl (C=O) groups excluding carboxylic acids is 1. The zero-order chi connectivity index (χ0) is 19.3. The van der Waals surface area contributed by atoms with E-state index >= 15 is 0 Å². The van der Waals surface area contributed by atoms with E-state index in [1.165, 1.54) is 6.42 Å². The molecule has 144 valence electrons. The Bertz CT molecular complexity index is 935. The molecule has 1 aliphatic rings. The van der Waals surface area contributed by atoms with Crippen LogP contribution in [0.4, 0.5) is 0 Å². The Kier molecular flexibility index (Phi) is 5.51. The normalized spacial score (nSPS) is 16.9. The molecule has 3 heterocycles. The molecular weight excluding hydrogens is 348 g/mol. The van der Waals surface area contributed by atoms with Crippen LogP contribution >= 0.6 is 0 Å². The Morgan fingerprint density at radius 1 is 1.18 bits per heavy atom. The standard InChI is InChI=1S/C23H26N4O/c1-26-17-24-16-22(26)18-7-6-8-19(15-18)23(28)27-14-5-3-10-21(27)12-11-20-9-2-4-13-25-20/h2,4,6-9,13,15-17,21H,3,5,10-12,14H2,1H3/t21-/m1/s1. The van der Waals surface area contributed by atoms with E-state index in [-0.39, 0.29) is 11.9 Å². The Hall–Kier alpha value is -2.95. The molecule has 0 spiro atoms. The number of nitrogens with zero attached hydrogens (tertiary/aromatic N) is 4. The number of hydrogen-bond acceptors (Lipinski definition) is 3. The molecule has 28 heavy (non-hydrogen) atoms. The van der Waals surface area contributed by atoms with Gasteiger partial charge < -0.3 is 9.47 Å². The van der Waals surface area contributed by atoms with E-state index in [0.29, 0.717) is 0 Å². The summed E-state index contributed by atoms with van der Waals surface area (Å²) < 4.78 is 1.97. The van der Waals surface area contributed by atoms with Gasteiger partial charge in [0, 0.05) is 42.7 Å². The lowest BCUT2D eigenvalue weighted by Gasteiger charge is -2.36. The van der Waals surface area contributed by atoms with Crippen LogP contribution in [0.1, 0.15) is 41.7 Å². The lowest BCUT2D eigenvalue weighted by molar-refractivity contribution is 0.0601. The van der Waals surface area contributed by atoms with E-state index in [1.807, 2.05) is 60.4 Å². The first-order valence-electron chi connectivity index (χ1n) is 10.00. The van der Waals surface area contributed by atoms with Crippen LogP contribution < -0.4 is 0 Å². The number of piperidine rings is 1. The highest BCUT2D eigenvalue weighted by Crippen LogP contribution is 2.25. The molecule has 4 rings (SSSR count). The monoisotopic (exact) mass is 374 g/mol. The molecule has 1 amide bonds. The molecule has 0 unspecified atom stereocenters. The summed E-state index contributed by atoms with van der Waals surface area (Å²) in [6, 6.07) is 14.2. The maximum Gasteiger partial charge on any atom is 0.254 e. The van der Waals surface area contributed by atoms with Gasteiger partial charge in [0.2, 0.25) is 0 Å². The molecule has 0 aliphatic carbocycles. The van der Waals surface area contributed by atoms with Gasteiger partial charge in [-0.15, -0.1) is 0 Å². The third-order valence-corrected chi connectivity index (χ3v) is 5.57. The number of pyridine rings is 1. The van der Waals surface area contributed by atoms with Crippen molar-refractivity contribution >= 4 is 5.91 Å². The second-order valence-corrected chi connectivity index (χ2v) is 7.48. The molecule has 0 saturated carbocycles. The SMILES string of the molecule is Cn1cncc1-c1cccc(C(=O)N2CCCC[C@@H]2CCc2ccccn2)c1. The summed E-state index contributed by atoms with van der Waals surface area (Å²) in [5, 5.41) is 0. The molecule has 0 bridgehead atoms. The maximum absolute atomic E-state index is 13.3. The Balaban J connectivity index is 1.51. The minimum atomic E-state index is 0.134. The first kappa shape index (κ1) is 18.4. The van der Waals surface area contributed by atoms with Gasteiger partial charge in [-0.3, -0.25) is 9.78 Å². The summed E-state index contributed by atoms with van der Waals surface area (Å²) in [6.45, 7) is 0.835.